The van der Waals surface area contributed by atoms with Crippen molar-refractivity contribution < 1.29 is 29.1 Å². The zero-order valence-corrected chi connectivity index (χ0v) is 23.4. The molecule has 40 heavy (non-hydrogen) atoms. The van der Waals surface area contributed by atoms with Gasteiger partial charge in [-0.25, -0.2) is 0 Å². The Bertz CT molecular complexity index is 1510. The number of carboxylic acid groups (broad SMARTS) is 1. The third-order valence-corrected chi connectivity index (χ3v) is 8.28. The molecular weight excluding hydrogens is 552 g/mol. The van der Waals surface area contributed by atoms with Crippen molar-refractivity contribution in [3.05, 3.63) is 70.4 Å². The predicted octanol–water partition coefficient (Wildman–Crippen LogP) is 2.99. The van der Waals surface area contributed by atoms with Crippen LogP contribution in [-0.4, -0.2) is 59.9 Å². The number of rotatable bonds is 11. The zero-order valence-electron chi connectivity index (χ0n) is 21.7. The van der Waals surface area contributed by atoms with Gasteiger partial charge in [-0.1, -0.05) is 50.2 Å². The van der Waals surface area contributed by atoms with Crippen LogP contribution in [0.5, 0.6) is 0 Å². The van der Waals surface area contributed by atoms with Gasteiger partial charge in [-0.15, -0.1) is 22.7 Å². The lowest BCUT2D eigenvalue weighted by atomic mass is 10.0. The number of nitrogens with one attached hydrogen (secondary N) is 4. The molecule has 0 aliphatic heterocycles. The first-order valence-electron chi connectivity index (χ1n) is 12.5. The normalized spacial score (nSPS) is 12.6. The fourth-order valence-corrected chi connectivity index (χ4v) is 5.92. The minimum atomic E-state index is -1.28. The summed E-state index contributed by atoms with van der Waals surface area (Å²) in [5, 5.41) is 21.0. The first-order valence-corrected chi connectivity index (χ1v) is 14.1. The lowest BCUT2D eigenvalue weighted by Crippen LogP contribution is -2.58. The van der Waals surface area contributed by atoms with Gasteiger partial charge in [0.15, 0.2) is 0 Å². The van der Waals surface area contributed by atoms with Crippen LogP contribution in [0.25, 0.3) is 20.2 Å². The van der Waals surface area contributed by atoms with Crippen molar-refractivity contribution in [1.82, 2.24) is 21.3 Å². The maximum atomic E-state index is 13.3. The van der Waals surface area contributed by atoms with E-state index in [9.17, 15) is 24.0 Å². The number of carbonyl (C=O) groups excluding carboxylic acids is 4. The summed E-state index contributed by atoms with van der Waals surface area (Å²) in [5.74, 6) is -3.90. The van der Waals surface area contributed by atoms with Gasteiger partial charge < -0.3 is 26.4 Å². The molecule has 0 aliphatic carbocycles. The van der Waals surface area contributed by atoms with Gasteiger partial charge >= 0.3 is 5.97 Å². The fraction of sp³-hybridized carbons (Fsp3) is 0.250. The smallest absolute Gasteiger partial charge is 0.322 e. The van der Waals surface area contributed by atoms with Crippen LogP contribution in [0.15, 0.2) is 60.7 Å². The molecule has 2 atom stereocenters. The van der Waals surface area contributed by atoms with Crippen molar-refractivity contribution in [2.24, 2.45) is 5.92 Å². The molecule has 0 fully saturated rings. The van der Waals surface area contributed by atoms with Gasteiger partial charge in [0.1, 0.15) is 18.6 Å². The Morgan fingerprint density at radius 3 is 1.82 bits per heavy atom. The maximum absolute atomic E-state index is 13.3. The average Bonchev–Trinajstić information content (AvgIpc) is 3.56. The van der Waals surface area contributed by atoms with Crippen LogP contribution in [0.1, 0.15) is 33.2 Å². The molecule has 2 aromatic carbocycles. The number of carbonyl (C=O) groups is 5. The minimum Gasteiger partial charge on any atom is -0.480 e. The molecule has 5 N–H and O–H groups in total. The standard InChI is InChI=1S/C28H28N4O6S2/c1-15(2)24(32-27(37)22-12-17-8-4-6-10-20(17)40-22)28(38)31-18(25(35)30-14-23(33)34)13-29-26(36)21-11-16-7-3-5-9-19(16)39-21/h3-12,15,18,24H,13-14H2,1-2H3,(H,29,36)(H,30,35)(H,31,38)(H,32,37)(H,33,34). The lowest BCUT2D eigenvalue weighted by Gasteiger charge is -2.25. The minimum absolute atomic E-state index is 0.292. The predicted molar refractivity (Wildman–Crippen MR) is 155 cm³/mol. The van der Waals surface area contributed by atoms with E-state index in [-0.39, 0.29) is 12.5 Å². The van der Waals surface area contributed by atoms with Crippen molar-refractivity contribution in [2.45, 2.75) is 25.9 Å². The quantitative estimate of drug-likeness (QED) is 0.184. The number of hydrogen-bond acceptors (Lipinski definition) is 7. The highest BCUT2D eigenvalue weighted by Gasteiger charge is 2.30. The molecule has 0 saturated heterocycles. The van der Waals surface area contributed by atoms with Crippen LogP contribution in [0, 0.1) is 5.92 Å². The van der Waals surface area contributed by atoms with E-state index in [4.69, 9.17) is 5.11 Å². The maximum Gasteiger partial charge on any atom is 0.322 e. The SMILES string of the molecule is CC(C)C(NC(=O)c1cc2ccccc2s1)C(=O)NC(CNC(=O)c1cc2ccccc2s1)C(=O)NCC(=O)O. The molecule has 0 bridgehead atoms. The monoisotopic (exact) mass is 580 g/mol. The number of carboxylic acids is 1. The molecule has 4 amide bonds. The molecule has 4 aromatic rings. The molecule has 0 saturated carbocycles. The molecule has 2 aromatic heterocycles. The van der Waals surface area contributed by atoms with Gasteiger partial charge in [0.25, 0.3) is 11.8 Å². The molecule has 0 spiro atoms. The second-order valence-corrected chi connectivity index (χ2v) is 11.5. The fourth-order valence-electron chi connectivity index (χ4n) is 3.97. The van der Waals surface area contributed by atoms with Crippen LogP contribution < -0.4 is 21.3 Å². The first-order chi connectivity index (χ1) is 19.1. The third kappa shape index (κ3) is 7.01. The van der Waals surface area contributed by atoms with Crippen molar-refractivity contribution >= 4 is 72.4 Å². The van der Waals surface area contributed by atoms with Crippen molar-refractivity contribution in [1.29, 1.82) is 0 Å². The van der Waals surface area contributed by atoms with E-state index in [2.05, 4.69) is 21.3 Å². The molecule has 0 aliphatic rings. The Hall–Kier alpha value is -4.29. The van der Waals surface area contributed by atoms with Gasteiger partial charge in [-0.2, -0.15) is 0 Å². The van der Waals surface area contributed by atoms with E-state index < -0.39 is 48.2 Å². The van der Waals surface area contributed by atoms with E-state index in [0.29, 0.717) is 9.75 Å². The van der Waals surface area contributed by atoms with Gasteiger partial charge in [0.05, 0.1) is 9.75 Å². The second kappa shape index (κ2) is 12.7. The van der Waals surface area contributed by atoms with Crippen molar-refractivity contribution in [3.8, 4) is 0 Å². The molecule has 2 unspecified atom stereocenters. The zero-order chi connectivity index (χ0) is 28.8. The molecule has 10 nitrogen and oxygen atoms in total. The number of thiophene rings is 2. The lowest BCUT2D eigenvalue weighted by molar-refractivity contribution is -0.138. The van der Waals surface area contributed by atoms with Gasteiger partial charge in [-0.05, 0) is 41.0 Å². The van der Waals surface area contributed by atoms with E-state index in [1.165, 1.54) is 22.7 Å². The number of aliphatic carboxylic acids is 1. The number of fused-ring (bicyclic) bond motifs is 2. The highest BCUT2D eigenvalue weighted by atomic mass is 32.1. The van der Waals surface area contributed by atoms with Crippen LogP contribution in [-0.2, 0) is 14.4 Å². The largest absolute Gasteiger partial charge is 0.480 e. The summed E-state index contributed by atoms with van der Waals surface area (Å²) in [4.78, 5) is 63.7. The van der Waals surface area contributed by atoms with Crippen molar-refractivity contribution in [2.75, 3.05) is 13.1 Å². The summed E-state index contributed by atoms with van der Waals surface area (Å²) in [7, 11) is 0. The van der Waals surface area contributed by atoms with Crippen LogP contribution in [0.4, 0.5) is 0 Å². The Kier molecular flexibility index (Phi) is 9.12. The summed E-state index contributed by atoms with van der Waals surface area (Å²) in [6, 6.07) is 16.2. The number of amides is 4. The highest BCUT2D eigenvalue weighted by molar-refractivity contribution is 7.21. The molecule has 2 heterocycles. The Morgan fingerprint density at radius 2 is 1.30 bits per heavy atom. The summed E-state index contributed by atoms with van der Waals surface area (Å²) < 4.78 is 1.86. The topological polar surface area (TPSA) is 154 Å². The Labute approximate surface area is 237 Å². The average molecular weight is 581 g/mol. The third-order valence-electron chi connectivity index (χ3n) is 6.05. The number of benzene rings is 2. The Morgan fingerprint density at radius 1 is 0.750 bits per heavy atom. The van der Waals surface area contributed by atoms with Crippen LogP contribution in [0.2, 0.25) is 0 Å². The van der Waals surface area contributed by atoms with E-state index in [0.717, 1.165) is 20.2 Å². The molecule has 12 heteroatoms. The summed E-state index contributed by atoms with van der Waals surface area (Å²) in [6.07, 6.45) is 0. The Balaban J connectivity index is 1.46. The van der Waals surface area contributed by atoms with E-state index >= 15 is 0 Å². The van der Waals surface area contributed by atoms with Crippen LogP contribution >= 0.6 is 22.7 Å². The molecule has 208 valence electrons. The van der Waals surface area contributed by atoms with Crippen LogP contribution in [0.3, 0.4) is 0 Å². The molecule has 4 rings (SSSR count). The van der Waals surface area contributed by atoms with Gasteiger partial charge in [-0.3, -0.25) is 24.0 Å². The summed E-state index contributed by atoms with van der Waals surface area (Å²) in [6.45, 7) is 2.54. The highest BCUT2D eigenvalue weighted by Crippen LogP contribution is 2.26. The number of hydrogen-bond donors (Lipinski definition) is 5. The second-order valence-electron chi connectivity index (χ2n) is 9.37. The van der Waals surface area contributed by atoms with Crippen molar-refractivity contribution in [3.63, 3.8) is 0 Å². The van der Waals surface area contributed by atoms with Gasteiger partial charge in [0, 0.05) is 15.9 Å². The van der Waals surface area contributed by atoms with E-state index in [1.54, 1.807) is 26.0 Å². The van der Waals surface area contributed by atoms with E-state index in [1.807, 2.05) is 48.5 Å². The molecular formula is C28H28N4O6S2. The summed E-state index contributed by atoms with van der Waals surface area (Å²) in [5.41, 5.74) is 0. The molecule has 0 radical (unpaired) electrons. The summed E-state index contributed by atoms with van der Waals surface area (Å²) >= 11 is 2.58. The van der Waals surface area contributed by atoms with Gasteiger partial charge in [0.2, 0.25) is 11.8 Å². The first kappa shape index (κ1) is 28.7.